The number of carbonyl (C=O) groups is 4. The maximum absolute atomic E-state index is 14.2. The molecule has 2 bridgehead atoms. The molecule has 4 unspecified atom stereocenters. The number of benzene rings is 1. The van der Waals surface area contributed by atoms with E-state index in [0.717, 1.165) is 12.8 Å². The Morgan fingerprint density at radius 1 is 0.941 bits per heavy atom. The zero-order chi connectivity index (χ0) is 37.7. The summed E-state index contributed by atoms with van der Waals surface area (Å²) < 4.78 is 30.0. The lowest BCUT2D eigenvalue weighted by Crippen LogP contribution is -2.65. The van der Waals surface area contributed by atoms with Gasteiger partial charge in [-0.2, -0.15) is 0 Å². The summed E-state index contributed by atoms with van der Waals surface area (Å²) in [6, 6.07) is 3.78. The van der Waals surface area contributed by atoms with Gasteiger partial charge >= 0.3 is 25.3 Å². The van der Waals surface area contributed by atoms with E-state index < -0.39 is 66.0 Å². The Bertz CT molecular complexity index is 1510. The first-order valence-electron chi connectivity index (χ1n) is 18.1. The molecule has 0 radical (unpaired) electrons. The van der Waals surface area contributed by atoms with E-state index in [9.17, 15) is 24.3 Å². The molecule has 14 heteroatoms. The fraction of sp³-hybridized carbons (Fsp3) is 0.730. The van der Waals surface area contributed by atoms with Gasteiger partial charge in [0.2, 0.25) is 5.91 Å². The van der Waals surface area contributed by atoms with Gasteiger partial charge in [0.25, 0.3) is 0 Å². The molecule has 5 aliphatic rings. The van der Waals surface area contributed by atoms with Crippen LogP contribution in [0.3, 0.4) is 0 Å². The van der Waals surface area contributed by atoms with Gasteiger partial charge in [0.15, 0.2) is 0 Å². The third-order valence-corrected chi connectivity index (χ3v) is 11.2. The smallest absolute Gasteiger partial charge is 0.482 e. The summed E-state index contributed by atoms with van der Waals surface area (Å²) in [4.78, 5) is 51.9. The van der Waals surface area contributed by atoms with E-state index in [1.54, 1.807) is 53.7 Å². The van der Waals surface area contributed by atoms with Crippen molar-refractivity contribution >= 4 is 31.2 Å². The quantitative estimate of drug-likeness (QED) is 0.247. The van der Waals surface area contributed by atoms with Crippen molar-refractivity contribution in [2.45, 2.75) is 142 Å². The Kier molecular flexibility index (Phi) is 10.7. The summed E-state index contributed by atoms with van der Waals surface area (Å²) in [5.41, 5.74) is -1.28. The molecular formula is C37H56BN3O10. The number of amides is 3. The van der Waals surface area contributed by atoms with Crippen LogP contribution in [0.2, 0.25) is 0 Å². The number of para-hydroxylation sites is 1. The molecular weight excluding hydrogens is 657 g/mol. The number of carboxylic acid groups (broad SMARTS) is 1. The lowest BCUT2D eigenvalue weighted by molar-refractivity contribution is -0.199. The Morgan fingerprint density at radius 2 is 1.57 bits per heavy atom. The zero-order valence-corrected chi connectivity index (χ0v) is 31.7. The number of hydrogen-bond donors (Lipinski definition) is 4. The monoisotopic (exact) mass is 713 g/mol. The molecule has 0 spiro atoms. The van der Waals surface area contributed by atoms with Crippen molar-refractivity contribution < 1.29 is 47.8 Å². The average Bonchev–Trinajstić information content (AvgIpc) is 3.36. The van der Waals surface area contributed by atoms with Gasteiger partial charge in [-0.15, -0.1) is 0 Å². The molecule has 3 amide bonds. The molecule has 4 aliphatic carbocycles. The second-order valence-corrected chi connectivity index (χ2v) is 17.5. The number of ether oxygens (including phenoxy) is 3. The zero-order valence-electron chi connectivity index (χ0n) is 31.7. The van der Waals surface area contributed by atoms with Crippen molar-refractivity contribution in [3.05, 3.63) is 29.3 Å². The normalized spacial score (nSPS) is 30.2. The number of aromatic carboxylic acids is 1. The summed E-state index contributed by atoms with van der Waals surface area (Å²) in [7, 11) is 0.631. The lowest BCUT2D eigenvalue weighted by atomic mass is 9.43. The van der Waals surface area contributed by atoms with Gasteiger partial charge in [0, 0.05) is 5.92 Å². The fourth-order valence-corrected chi connectivity index (χ4v) is 8.64. The van der Waals surface area contributed by atoms with Gasteiger partial charge in [0.05, 0.1) is 36.8 Å². The van der Waals surface area contributed by atoms with Crippen molar-refractivity contribution in [1.29, 1.82) is 0 Å². The van der Waals surface area contributed by atoms with Crippen molar-refractivity contribution in [2.24, 2.45) is 23.2 Å². The van der Waals surface area contributed by atoms with Crippen molar-refractivity contribution in [1.82, 2.24) is 16.0 Å². The first kappa shape index (κ1) is 38.7. The second-order valence-electron chi connectivity index (χ2n) is 17.5. The number of carbonyl (C=O) groups excluding carboxylic acids is 3. The largest absolute Gasteiger partial charge is 0.496 e. The number of nitrogens with one attached hydrogen (secondary N) is 3. The van der Waals surface area contributed by atoms with E-state index >= 15 is 0 Å². The molecule has 0 aromatic heterocycles. The first-order valence-corrected chi connectivity index (χ1v) is 18.1. The van der Waals surface area contributed by atoms with Gasteiger partial charge in [-0.25, -0.2) is 14.4 Å². The number of rotatable bonds is 9. The molecule has 8 atom stereocenters. The Morgan fingerprint density at radius 3 is 2.14 bits per heavy atom. The van der Waals surface area contributed by atoms with Crippen LogP contribution in [0.4, 0.5) is 9.59 Å². The van der Waals surface area contributed by atoms with E-state index in [0.29, 0.717) is 30.2 Å². The van der Waals surface area contributed by atoms with Gasteiger partial charge in [-0.1, -0.05) is 26.0 Å². The van der Waals surface area contributed by atoms with Crippen LogP contribution >= 0.6 is 0 Å². The maximum Gasteiger partial charge on any atom is 0.482 e. The van der Waals surface area contributed by atoms with Gasteiger partial charge in [-0.3, -0.25) is 4.79 Å². The van der Waals surface area contributed by atoms with E-state index in [2.05, 4.69) is 36.7 Å². The standard InChI is InChI=1S/C37H56BN3O10/c1-34(2,3)48-32(45)39-24-15-14-21(16-25(24)40-33(46)49-35(4,5)6)30(42)41-28(17-20-12-11-13-23(31(43)44)29(20)47-10)38-50-27-19-22-18-26(36(22,7)8)37(27,9)51-38/h11-13,21-22,24-28H,14-19H2,1-10H3,(H,39,45)(H,40,46)(H,41,42)(H,43,44)/t21-,22?,24+,25+,26?,27?,28-,37?/m0/s1. The minimum Gasteiger partial charge on any atom is -0.496 e. The predicted molar refractivity (Wildman–Crippen MR) is 189 cm³/mol. The molecule has 282 valence electrons. The van der Waals surface area contributed by atoms with Crippen molar-refractivity contribution in [3.63, 3.8) is 0 Å². The van der Waals surface area contributed by atoms with Crippen LogP contribution in [0.25, 0.3) is 0 Å². The molecule has 1 saturated heterocycles. The topological polar surface area (TPSA) is 171 Å². The third kappa shape index (κ3) is 8.43. The predicted octanol–water partition coefficient (Wildman–Crippen LogP) is 5.27. The van der Waals surface area contributed by atoms with Crippen molar-refractivity contribution in [3.8, 4) is 5.75 Å². The molecule has 51 heavy (non-hydrogen) atoms. The highest BCUT2D eigenvalue weighted by Crippen LogP contribution is 2.65. The van der Waals surface area contributed by atoms with Crippen LogP contribution in [0.5, 0.6) is 5.75 Å². The minimum atomic E-state index is -1.12. The van der Waals surface area contributed by atoms with E-state index in [1.807, 2.05) is 0 Å². The Hall–Kier alpha value is -3.52. The van der Waals surface area contributed by atoms with Gasteiger partial charge in [0.1, 0.15) is 22.5 Å². The molecule has 1 aromatic carbocycles. The molecule has 1 aromatic rings. The van der Waals surface area contributed by atoms with Crippen LogP contribution in [0.1, 0.15) is 110 Å². The Labute approximate surface area is 301 Å². The molecule has 1 aliphatic heterocycles. The third-order valence-electron chi connectivity index (χ3n) is 11.2. The Balaban J connectivity index is 1.38. The van der Waals surface area contributed by atoms with Gasteiger partial charge in [-0.05, 0) is 116 Å². The van der Waals surface area contributed by atoms with Crippen LogP contribution in [0, 0.1) is 23.2 Å². The van der Waals surface area contributed by atoms with Crippen molar-refractivity contribution in [2.75, 3.05) is 7.11 Å². The van der Waals surface area contributed by atoms with Crippen LogP contribution in [-0.4, -0.2) is 84.3 Å². The molecule has 4 N–H and O–H groups in total. The number of alkyl carbamates (subject to hydrolysis) is 2. The number of carboxylic acids is 1. The van der Waals surface area contributed by atoms with E-state index in [1.165, 1.54) is 13.2 Å². The number of methoxy groups -OCH3 is 1. The highest BCUT2D eigenvalue weighted by molar-refractivity contribution is 6.48. The SMILES string of the molecule is COc1c(C[C@H](NC(=O)[C@H]2CC[C@@H](NC(=O)OC(C)(C)C)[C@H](NC(=O)OC(C)(C)C)C2)B2OC3CC4CC(C4(C)C)C3(C)O2)cccc1C(=O)O. The van der Waals surface area contributed by atoms with Crippen LogP contribution in [0.15, 0.2) is 18.2 Å². The first-order chi connectivity index (χ1) is 23.6. The summed E-state index contributed by atoms with van der Waals surface area (Å²) in [6.45, 7) is 17.3. The highest BCUT2D eigenvalue weighted by atomic mass is 16.7. The minimum absolute atomic E-state index is 0.0170. The average molecular weight is 714 g/mol. The lowest BCUT2D eigenvalue weighted by Gasteiger charge is -2.64. The second kappa shape index (κ2) is 14.1. The molecule has 4 saturated carbocycles. The molecule has 1 heterocycles. The molecule has 13 nitrogen and oxygen atoms in total. The summed E-state index contributed by atoms with van der Waals surface area (Å²) in [5.74, 6) is -1.57. The maximum atomic E-state index is 14.2. The van der Waals surface area contributed by atoms with Crippen LogP contribution in [-0.2, 0) is 30.0 Å². The molecule has 6 rings (SSSR count). The summed E-state index contributed by atoms with van der Waals surface area (Å²) in [5, 5.41) is 18.8. The summed E-state index contributed by atoms with van der Waals surface area (Å²) >= 11 is 0. The number of hydrogen-bond acceptors (Lipinski definition) is 9. The van der Waals surface area contributed by atoms with Gasteiger partial charge < -0.3 is 44.6 Å². The summed E-state index contributed by atoms with van der Waals surface area (Å²) in [6.07, 6.45) is 1.75. The highest BCUT2D eigenvalue weighted by Gasteiger charge is 2.68. The fourth-order valence-electron chi connectivity index (χ4n) is 8.64. The van der Waals surface area contributed by atoms with E-state index in [4.69, 9.17) is 23.5 Å². The molecule has 5 fully saturated rings. The van der Waals surface area contributed by atoms with E-state index in [-0.39, 0.29) is 41.6 Å². The van der Waals surface area contributed by atoms with Crippen LogP contribution < -0.4 is 20.7 Å².